The van der Waals surface area contributed by atoms with Gasteiger partial charge in [-0.05, 0) is 36.2 Å². The van der Waals surface area contributed by atoms with Crippen LogP contribution >= 0.6 is 0 Å². The number of para-hydroxylation sites is 1. The zero-order valence-corrected chi connectivity index (χ0v) is 11.5. The molecule has 0 saturated heterocycles. The first kappa shape index (κ1) is 12.8. The second-order valence-corrected chi connectivity index (χ2v) is 4.82. The summed E-state index contributed by atoms with van der Waals surface area (Å²) in [5.41, 5.74) is 2.67. The number of benzene rings is 2. The minimum Gasteiger partial charge on any atom is -0.497 e. The summed E-state index contributed by atoms with van der Waals surface area (Å²) in [7, 11) is 1.62. The standard InChI is InChI=1S/C17H16O3/c1-11-4-3-5-13-10-15(20-17(11)13)16(18)12-6-8-14(19-2)9-7-12/h3-10,16,18H,1-2H3. The van der Waals surface area contributed by atoms with Crippen LogP contribution in [0, 0.1) is 6.92 Å². The highest BCUT2D eigenvalue weighted by atomic mass is 16.5. The van der Waals surface area contributed by atoms with Crippen LogP contribution in [-0.4, -0.2) is 12.2 Å². The van der Waals surface area contributed by atoms with Gasteiger partial charge in [-0.3, -0.25) is 0 Å². The van der Waals surface area contributed by atoms with Crippen LogP contribution in [0.4, 0.5) is 0 Å². The first-order chi connectivity index (χ1) is 9.69. The van der Waals surface area contributed by atoms with Gasteiger partial charge in [0, 0.05) is 5.39 Å². The van der Waals surface area contributed by atoms with Gasteiger partial charge in [0.15, 0.2) is 0 Å². The fourth-order valence-electron chi connectivity index (χ4n) is 2.31. The Hall–Kier alpha value is -2.26. The van der Waals surface area contributed by atoms with Crippen molar-refractivity contribution in [3.05, 3.63) is 65.4 Å². The number of rotatable bonds is 3. The third kappa shape index (κ3) is 2.17. The quantitative estimate of drug-likeness (QED) is 0.785. The SMILES string of the molecule is COc1ccc(C(O)c2cc3cccc(C)c3o2)cc1. The van der Waals surface area contributed by atoms with Crippen molar-refractivity contribution >= 4 is 11.0 Å². The lowest BCUT2D eigenvalue weighted by atomic mass is 10.1. The molecule has 0 aliphatic carbocycles. The smallest absolute Gasteiger partial charge is 0.138 e. The number of fused-ring (bicyclic) bond motifs is 1. The normalized spacial score (nSPS) is 12.6. The summed E-state index contributed by atoms with van der Waals surface area (Å²) < 4.78 is 10.9. The summed E-state index contributed by atoms with van der Waals surface area (Å²) in [6, 6.07) is 15.2. The van der Waals surface area contributed by atoms with Gasteiger partial charge >= 0.3 is 0 Å². The maximum Gasteiger partial charge on any atom is 0.138 e. The highest BCUT2D eigenvalue weighted by molar-refractivity contribution is 5.81. The second kappa shape index (κ2) is 5.02. The average molecular weight is 268 g/mol. The predicted octanol–water partition coefficient (Wildman–Crippen LogP) is 3.83. The van der Waals surface area contributed by atoms with Gasteiger partial charge in [0.1, 0.15) is 23.2 Å². The summed E-state index contributed by atoms with van der Waals surface area (Å²) in [6.45, 7) is 2.00. The Kier molecular flexibility index (Phi) is 3.20. The van der Waals surface area contributed by atoms with Crippen molar-refractivity contribution < 1.29 is 14.3 Å². The van der Waals surface area contributed by atoms with Gasteiger partial charge in [-0.15, -0.1) is 0 Å². The molecule has 3 heteroatoms. The van der Waals surface area contributed by atoms with E-state index in [-0.39, 0.29) is 0 Å². The number of ether oxygens (including phenoxy) is 1. The highest BCUT2D eigenvalue weighted by Crippen LogP contribution is 2.30. The van der Waals surface area contributed by atoms with Gasteiger partial charge in [-0.1, -0.05) is 30.3 Å². The molecule has 3 aromatic rings. The fraction of sp³-hybridized carbons (Fsp3) is 0.176. The molecule has 20 heavy (non-hydrogen) atoms. The molecule has 0 saturated carbocycles. The van der Waals surface area contributed by atoms with E-state index in [9.17, 15) is 5.11 Å². The van der Waals surface area contributed by atoms with Crippen molar-refractivity contribution in [1.29, 1.82) is 0 Å². The van der Waals surface area contributed by atoms with Crippen molar-refractivity contribution in [2.45, 2.75) is 13.0 Å². The van der Waals surface area contributed by atoms with Crippen LogP contribution < -0.4 is 4.74 Å². The summed E-state index contributed by atoms with van der Waals surface area (Å²) in [4.78, 5) is 0. The summed E-state index contributed by atoms with van der Waals surface area (Å²) >= 11 is 0. The van der Waals surface area contributed by atoms with Crippen molar-refractivity contribution in [2.24, 2.45) is 0 Å². The van der Waals surface area contributed by atoms with Crippen molar-refractivity contribution in [1.82, 2.24) is 0 Å². The molecule has 1 N–H and O–H groups in total. The van der Waals surface area contributed by atoms with Crippen LogP contribution in [0.5, 0.6) is 5.75 Å². The molecule has 1 atom stereocenters. The molecule has 0 radical (unpaired) electrons. The van der Waals surface area contributed by atoms with Gasteiger partial charge in [0.2, 0.25) is 0 Å². The first-order valence-corrected chi connectivity index (χ1v) is 6.50. The van der Waals surface area contributed by atoms with E-state index in [0.29, 0.717) is 5.76 Å². The Morgan fingerprint density at radius 3 is 2.50 bits per heavy atom. The van der Waals surface area contributed by atoms with Gasteiger partial charge < -0.3 is 14.3 Å². The Balaban J connectivity index is 1.98. The topological polar surface area (TPSA) is 42.6 Å². The van der Waals surface area contributed by atoms with Crippen LogP contribution in [0.2, 0.25) is 0 Å². The Bertz CT molecular complexity index is 726. The Morgan fingerprint density at radius 1 is 1.10 bits per heavy atom. The molecule has 0 bridgehead atoms. The van der Waals surface area contributed by atoms with Crippen LogP contribution in [0.25, 0.3) is 11.0 Å². The average Bonchev–Trinajstić information content (AvgIpc) is 2.92. The molecule has 102 valence electrons. The zero-order valence-electron chi connectivity index (χ0n) is 11.5. The van der Waals surface area contributed by atoms with E-state index >= 15 is 0 Å². The Morgan fingerprint density at radius 2 is 1.85 bits per heavy atom. The molecule has 0 aliphatic rings. The molecule has 0 amide bonds. The lowest BCUT2D eigenvalue weighted by Crippen LogP contribution is -1.97. The van der Waals surface area contributed by atoms with Crippen molar-refractivity contribution in [3.8, 4) is 5.75 Å². The molecular weight excluding hydrogens is 252 g/mol. The number of aliphatic hydroxyl groups excluding tert-OH is 1. The number of aryl methyl sites for hydroxylation is 1. The molecule has 1 heterocycles. The lowest BCUT2D eigenvalue weighted by Gasteiger charge is -2.08. The molecule has 2 aromatic carbocycles. The molecule has 0 spiro atoms. The first-order valence-electron chi connectivity index (χ1n) is 6.50. The van der Waals surface area contributed by atoms with Crippen LogP contribution in [0.1, 0.15) is 23.0 Å². The summed E-state index contributed by atoms with van der Waals surface area (Å²) in [6.07, 6.45) is -0.771. The number of furan rings is 1. The minimum absolute atomic E-state index is 0.555. The zero-order chi connectivity index (χ0) is 14.1. The third-order valence-corrected chi connectivity index (χ3v) is 3.46. The predicted molar refractivity (Wildman–Crippen MR) is 78.0 cm³/mol. The molecule has 1 unspecified atom stereocenters. The largest absolute Gasteiger partial charge is 0.497 e. The maximum atomic E-state index is 10.4. The molecule has 0 aliphatic heterocycles. The van der Waals surface area contributed by atoms with E-state index in [1.165, 1.54) is 0 Å². The van der Waals surface area contributed by atoms with Crippen LogP contribution in [-0.2, 0) is 0 Å². The van der Waals surface area contributed by atoms with Crippen molar-refractivity contribution in [2.75, 3.05) is 7.11 Å². The van der Waals surface area contributed by atoms with E-state index in [2.05, 4.69) is 0 Å². The summed E-state index contributed by atoms with van der Waals surface area (Å²) in [5, 5.41) is 11.4. The maximum absolute atomic E-state index is 10.4. The summed E-state index contributed by atoms with van der Waals surface area (Å²) in [5.74, 6) is 1.32. The van der Waals surface area contributed by atoms with Crippen molar-refractivity contribution in [3.63, 3.8) is 0 Å². The van der Waals surface area contributed by atoms with Gasteiger partial charge in [0.25, 0.3) is 0 Å². The molecule has 0 fully saturated rings. The molecular formula is C17H16O3. The number of aliphatic hydroxyl groups is 1. The van der Waals surface area contributed by atoms with E-state index in [1.807, 2.05) is 55.5 Å². The van der Waals surface area contributed by atoms with Crippen LogP contribution in [0.3, 0.4) is 0 Å². The molecule has 3 nitrogen and oxygen atoms in total. The highest BCUT2D eigenvalue weighted by Gasteiger charge is 2.16. The van der Waals surface area contributed by atoms with Gasteiger partial charge in [-0.25, -0.2) is 0 Å². The van der Waals surface area contributed by atoms with E-state index in [4.69, 9.17) is 9.15 Å². The third-order valence-electron chi connectivity index (χ3n) is 3.46. The number of hydrogen-bond donors (Lipinski definition) is 1. The Labute approximate surface area is 117 Å². The monoisotopic (exact) mass is 268 g/mol. The van der Waals surface area contributed by atoms with Gasteiger partial charge in [0.05, 0.1) is 7.11 Å². The second-order valence-electron chi connectivity index (χ2n) is 4.82. The van der Waals surface area contributed by atoms with E-state index in [0.717, 1.165) is 27.8 Å². The molecule has 1 aromatic heterocycles. The number of methoxy groups -OCH3 is 1. The molecule has 3 rings (SSSR count). The fourth-order valence-corrected chi connectivity index (χ4v) is 2.31. The number of hydrogen-bond acceptors (Lipinski definition) is 3. The lowest BCUT2D eigenvalue weighted by molar-refractivity contribution is 0.192. The van der Waals surface area contributed by atoms with E-state index < -0.39 is 6.10 Å². The van der Waals surface area contributed by atoms with E-state index in [1.54, 1.807) is 7.11 Å². The van der Waals surface area contributed by atoms with Crippen LogP contribution in [0.15, 0.2) is 52.9 Å². The minimum atomic E-state index is -0.771. The van der Waals surface area contributed by atoms with Gasteiger partial charge in [-0.2, -0.15) is 0 Å².